The number of nitrogens with zero attached hydrogens (tertiary/aromatic N) is 1. The van der Waals surface area contributed by atoms with Gasteiger partial charge in [0.2, 0.25) is 0 Å². The normalized spacial score (nSPS) is 16.4. The monoisotopic (exact) mass is 408 g/mol. The van der Waals surface area contributed by atoms with E-state index in [0.717, 1.165) is 22.3 Å². The minimum absolute atomic E-state index is 0.235. The Morgan fingerprint density at radius 1 is 1.07 bits per heavy atom. The first kappa shape index (κ1) is 19.9. The Labute approximate surface area is 174 Å². The molecule has 30 heavy (non-hydrogen) atoms. The number of carbonyl (C=O) groups is 3. The third-order valence-corrected chi connectivity index (χ3v) is 5.90. The Morgan fingerprint density at radius 2 is 1.73 bits per heavy atom. The molecule has 1 aliphatic carbocycles. The highest BCUT2D eigenvalue weighted by atomic mass is 16.5. The summed E-state index contributed by atoms with van der Waals surface area (Å²) >= 11 is 0. The zero-order chi connectivity index (χ0) is 21.3. The maximum Gasteiger partial charge on any atom is 0.407 e. The number of nitrogens with one attached hydrogen (secondary N) is 1. The zero-order valence-electron chi connectivity index (χ0n) is 16.8. The van der Waals surface area contributed by atoms with Crippen molar-refractivity contribution in [1.82, 2.24) is 10.2 Å². The van der Waals surface area contributed by atoms with Crippen LogP contribution < -0.4 is 5.32 Å². The summed E-state index contributed by atoms with van der Waals surface area (Å²) in [7, 11) is 0. The number of carbonyl (C=O) groups excluding carboxylic acids is 2. The van der Waals surface area contributed by atoms with Crippen molar-refractivity contribution in [2.45, 2.75) is 38.3 Å². The molecule has 2 amide bonds. The van der Waals surface area contributed by atoms with E-state index in [1.54, 1.807) is 19.1 Å². The van der Waals surface area contributed by atoms with Gasteiger partial charge in [0.15, 0.2) is 0 Å². The fraction of sp³-hybridized carbons (Fsp3) is 0.348. The summed E-state index contributed by atoms with van der Waals surface area (Å²) in [5.41, 5.74) is 3.05. The molecule has 2 aliphatic rings. The number of carboxylic acid groups (broad SMARTS) is 1. The molecule has 2 aromatic carbocycles. The van der Waals surface area contributed by atoms with Gasteiger partial charge in [-0.1, -0.05) is 36.4 Å². The molecule has 1 aliphatic heterocycles. The second kappa shape index (κ2) is 7.82. The molecule has 1 heterocycles. The Hall–Kier alpha value is -3.35. The van der Waals surface area contributed by atoms with Gasteiger partial charge in [0.25, 0.3) is 5.91 Å². The van der Waals surface area contributed by atoms with Gasteiger partial charge in [-0.15, -0.1) is 0 Å². The number of rotatable bonds is 4. The summed E-state index contributed by atoms with van der Waals surface area (Å²) in [6, 6.07) is 13.1. The van der Waals surface area contributed by atoms with Crippen molar-refractivity contribution in [3.8, 4) is 0 Å². The molecule has 0 unspecified atom stereocenters. The molecule has 0 spiro atoms. The van der Waals surface area contributed by atoms with Crippen molar-refractivity contribution >= 4 is 18.0 Å². The van der Waals surface area contributed by atoms with Crippen LogP contribution in [0.3, 0.4) is 0 Å². The summed E-state index contributed by atoms with van der Waals surface area (Å²) in [5, 5.41) is 12.2. The molecule has 2 N–H and O–H groups in total. The minimum atomic E-state index is -1.14. The summed E-state index contributed by atoms with van der Waals surface area (Å²) in [6.07, 6.45) is 0.253. The van der Waals surface area contributed by atoms with Crippen molar-refractivity contribution in [2.75, 3.05) is 13.2 Å². The molecule has 4 rings (SSSR count). The Morgan fingerprint density at radius 3 is 2.37 bits per heavy atom. The molecule has 0 bridgehead atoms. The number of ether oxygens (including phenoxy) is 1. The van der Waals surface area contributed by atoms with E-state index in [2.05, 4.69) is 5.32 Å². The van der Waals surface area contributed by atoms with Gasteiger partial charge in [0, 0.05) is 31.5 Å². The standard InChI is InChI=1S/C23H24N2O5/c1-2-30-21(27)23(12-15-6-3-4-7-16(15)13-23)24-20(26)19-9-5-8-17-14-25(22(28)29)11-10-18(17)19/h3-9H,2,10-14H2,1H3,(H,24,26)(H,28,29). The molecular formula is C23H24N2O5. The highest BCUT2D eigenvalue weighted by Gasteiger charge is 2.46. The quantitative estimate of drug-likeness (QED) is 0.758. The van der Waals surface area contributed by atoms with Crippen molar-refractivity contribution in [3.63, 3.8) is 0 Å². The van der Waals surface area contributed by atoms with E-state index in [-0.39, 0.29) is 19.1 Å². The van der Waals surface area contributed by atoms with E-state index in [4.69, 9.17) is 4.74 Å². The van der Waals surface area contributed by atoms with Crippen LogP contribution in [0.1, 0.15) is 39.5 Å². The van der Waals surface area contributed by atoms with Gasteiger partial charge in [-0.25, -0.2) is 9.59 Å². The molecule has 0 radical (unpaired) electrons. The van der Waals surface area contributed by atoms with Gasteiger partial charge in [0.05, 0.1) is 6.61 Å². The molecule has 7 nitrogen and oxygen atoms in total. The molecule has 0 saturated carbocycles. The molecular weight excluding hydrogens is 384 g/mol. The number of hydrogen-bond acceptors (Lipinski definition) is 4. The molecule has 156 valence electrons. The smallest absolute Gasteiger partial charge is 0.407 e. The van der Waals surface area contributed by atoms with Gasteiger partial charge in [-0.3, -0.25) is 4.79 Å². The first-order valence-corrected chi connectivity index (χ1v) is 10.1. The molecule has 2 aromatic rings. The van der Waals surface area contributed by atoms with Crippen molar-refractivity contribution in [1.29, 1.82) is 0 Å². The number of esters is 1. The van der Waals surface area contributed by atoms with E-state index in [1.165, 1.54) is 4.90 Å². The second-order valence-electron chi connectivity index (χ2n) is 7.78. The minimum Gasteiger partial charge on any atom is -0.465 e. The first-order valence-electron chi connectivity index (χ1n) is 10.1. The van der Waals surface area contributed by atoms with Crippen LogP contribution in [0.25, 0.3) is 0 Å². The van der Waals surface area contributed by atoms with Crippen LogP contribution in [0.5, 0.6) is 0 Å². The van der Waals surface area contributed by atoms with Crippen LogP contribution in [0, 0.1) is 0 Å². The third kappa shape index (κ3) is 3.51. The Kier molecular flexibility index (Phi) is 5.20. The van der Waals surface area contributed by atoms with E-state index in [1.807, 2.05) is 30.3 Å². The van der Waals surface area contributed by atoms with E-state index < -0.39 is 17.6 Å². The zero-order valence-corrected chi connectivity index (χ0v) is 16.8. The topological polar surface area (TPSA) is 95.9 Å². The van der Waals surface area contributed by atoms with Crippen LogP contribution in [0.4, 0.5) is 4.79 Å². The Bertz CT molecular complexity index is 991. The van der Waals surface area contributed by atoms with Crippen LogP contribution in [0.2, 0.25) is 0 Å². The summed E-state index contributed by atoms with van der Waals surface area (Å²) in [6.45, 7) is 2.57. The highest BCUT2D eigenvalue weighted by molar-refractivity contribution is 6.00. The third-order valence-electron chi connectivity index (χ3n) is 5.90. The molecule has 7 heteroatoms. The van der Waals surface area contributed by atoms with Crippen molar-refractivity contribution in [3.05, 3.63) is 70.3 Å². The average Bonchev–Trinajstić information content (AvgIpc) is 3.12. The van der Waals surface area contributed by atoms with Gasteiger partial charge in [-0.2, -0.15) is 0 Å². The maximum atomic E-state index is 13.3. The van der Waals surface area contributed by atoms with Gasteiger partial charge < -0.3 is 20.1 Å². The van der Waals surface area contributed by atoms with Gasteiger partial charge in [-0.05, 0) is 41.7 Å². The van der Waals surface area contributed by atoms with Gasteiger partial charge in [0.1, 0.15) is 5.54 Å². The molecule has 0 atom stereocenters. The van der Waals surface area contributed by atoms with E-state index in [0.29, 0.717) is 31.4 Å². The summed E-state index contributed by atoms with van der Waals surface area (Å²) in [5.74, 6) is -0.770. The lowest BCUT2D eigenvalue weighted by Gasteiger charge is -2.30. The van der Waals surface area contributed by atoms with Gasteiger partial charge >= 0.3 is 12.1 Å². The number of amides is 2. The summed E-state index contributed by atoms with van der Waals surface area (Å²) in [4.78, 5) is 38.8. The lowest BCUT2D eigenvalue weighted by Crippen LogP contribution is -2.56. The van der Waals surface area contributed by atoms with Crippen LogP contribution in [0.15, 0.2) is 42.5 Å². The largest absolute Gasteiger partial charge is 0.465 e. The fourth-order valence-electron chi connectivity index (χ4n) is 4.44. The van der Waals surface area contributed by atoms with E-state index >= 15 is 0 Å². The van der Waals surface area contributed by atoms with E-state index in [9.17, 15) is 19.5 Å². The second-order valence-corrected chi connectivity index (χ2v) is 7.78. The lowest BCUT2D eigenvalue weighted by atomic mass is 9.91. The highest BCUT2D eigenvalue weighted by Crippen LogP contribution is 2.32. The number of fused-ring (bicyclic) bond motifs is 2. The Balaban J connectivity index is 1.63. The molecule has 0 aromatic heterocycles. The maximum absolute atomic E-state index is 13.3. The molecule has 0 saturated heterocycles. The van der Waals surface area contributed by atoms with Crippen LogP contribution in [-0.2, 0) is 35.3 Å². The fourth-order valence-corrected chi connectivity index (χ4v) is 4.44. The predicted molar refractivity (Wildman–Crippen MR) is 109 cm³/mol. The van der Waals surface area contributed by atoms with Crippen molar-refractivity contribution in [2.24, 2.45) is 0 Å². The summed E-state index contributed by atoms with van der Waals surface area (Å²) < 4.78 is 5.32. The lowest BCUT2D eigenvalue weighted by molar-refractivity contribution is -0.150. The average molecular weight is 408 g/mol. The first-order chi connectivity index (χ1) is 14.4. The predicted octanol–water partition coefficient (Wildman–Crippen LogP) is 2.55. The molecule has 0 fully saturated rings. The van der Waals surface area contributed by atoms with Crippen LogP contribution in [-0.4, -0.2) is 46.7 Å². The SMILES string of the molecule is CCOC(=O)C1(NC(=O)c2cccc3c2CCN(C(=O)O)C3)Cc2ccccc2C1. The van der Waals surface area contributed by atoms with Crippen molar-refractivity contribution < 1.29 is 24.2 Å². The van der Waals surface area contributed by atoms with Crippen LogP contribution >= 0.6 is 0 Å². The number of benzene rings is 2. The number of hydrogen-bond donors (Lipinski definition) is 2.